The van der Waals surface area contributed by atoms with Gasteiger partial charge in [-0.05, 0) is 11.1 Å². The van der Waals surface area contributed by atoms with Crippen LogP contribution in [0.25, 0.3) is 0 Å². The zero-order valence-corrected chi connectivity index (χ0v) is 12.5. The molecule has 0 bridgehead atoms. The van der Waals surface area contributed by atoms with Crippen LogP contribution >= 0.6 is 0 Å². The number of benzene rings is 3. The van der Waals surface area contributed by atoms with Crippen LogP contribution in [0.2, 0.25) is 0 Å². The quantitative estimate of drug-likeness (QED) is 0.691. The number of aliphatic hydroxyl groups is 2. The molecule has 0 amide bonds. The molecule has 0 saturated carbocycles. The van der Waals surface area contributed by atoms with Crippen molar-refractivity contribution in [3.05, 3.63) is 101 Å². The highest BCUT2D eigenvalue weighted by molar-refractivity contribution is 5.48. The van der Waals surface area contributed by atoms with E-state index in [1.54, 1.807) is 42.5 Å². The molecule has 0 aliphatic carbocycles. The molecule has 3 aromatic carbocycles. The SMILES string of the molecule is Oc1c(C(O)c2ccccc2)cccc1C(O)c1ccccc1. The molecule has 0 aliphatic heterocycles. The highest BCUT2D eigenvalue weighted by atomic mass is 16.3. The standard InChI is InChI=1S/C20H18O3/c21-18(14-8-3-1-4-9-14)16-12-7-13-17(20(16)23)19(22)15-10-5-2-6-11-15/h1-13,18-19,21-23H. The van der Waals surface area contributed by atoms with Crippen LogP contribution < -0.4 is 0 Å². The Balaban J connectivity index is 1.99. The fourth-order valence-corrected chi connectivity index (χ4v) is 2.65. The van der Waals surface area contributed by atoms with Crippen molar-refractivity contribution < 1.29 is 15.3 Å². The Morgan fingerprint density at radius 2 is 0.913 bits per heavy atom. The Bertz CT molecular complexity index is 706. The molecular formula is C20H18O3. The Morgan fingerprint density at radius 3 is 1.30 bits per heavy atom. The largest absolute Gasteiger partial charge is 0.507 e. The maximum Gasteiger partial charge on any atom is 0.127 e. The van der Waals surface area contributed by atoms with E-state index in [4.69, 9.17) is 0 Å². The van der Waals surface area contributed by atoms with Crippen LogP contribution in [0.1, 0.15) is 34.5 Å². The van der Waals surface area contributed by atoms with E-state index in [2.05, 4.69) is 0 Å². The molecule has 116 valence electrons. The summed E-state index contributed by atoms with van der Waals surface area (Å²) in [5, 5.41) is 31.5. The summed E-state index contributed by atoms with van der Waals surface area (Å²) in [6.45, 7) is 0. The molecule has 0 spiro atoms. The summed E-state index contributed by atoms with van der Waals surface area (Å²) in [5.41, 5.74) is 2.13. The van der Waals surface area contributed by atoms with Crippen molar-refractivity contribution >= 4 is 0 Å². The summed E-state index contributed by atoms with van der Waals surface area (Å²) in [4.78, 5) is 0. The van der Waals surface area contributed by atoms with Gasteiger partial charge in [0.2, 0.25) is 0 Å². The fraction of sp³-hybridized carbons (Fsp3) is 0.100. The molecule has 3 N–H and O–H groups in total. The molecule has 2 atom stereocenters. The molecule has 0 fully saturated rings. The van der Waals surface area contributed by atoms with Crippen LogP contribution in [0.3, 0.4) is 0 Å². The third-order valence-electron chi connectivity index (χ3n) is 3.92. The molecule has 3 rings (SSSR count). The summed E-state index contributed by atoms with van der Waals surface area (Å²) >= 11 is 0. The van der Waals surface area contributed by atoms with Gasteiger partial charge < -0.3 is 15.3 Å². The minimum atomic E-state index is -0.945. The van der Waals surface area contributed by atoms with Crippen LogP contribution in [-0.4, -0.2) is 15.3 Å². The predicted octanol–water partition coefficient (Wildman–Crippen LogP) is 3.56. The molecule has 0 heterocycles. The summed E-state index contributed by atoms with van der Waals surface area (Å²) < 4.78 is 0. The van der Waals surface area contributed by atoms with Crippen LogP contribution in [-0.2, 0) is 0 Å². The van der Waals surface area contributed by atoms with E-state index in [0.29, 0.717) is 22.3 Å². The number of aliphatic hydroxyl groups excluding tert-OH is 2. The lowest BCUT2D eigenvalue weighted by Crippen LogP contribution is -2.05. The van der Waals surface area contributed by atoms with E-state index in [1.165, 1.54) is 0 Å². The van der Waals surface area contributed by atoms with Gasteiger partial charge in [0.15, 0.2) is 0 Å². The number of phenols is 1. The Morgan fingerprint density at radius 1 is 0.522 bits per heavy atom. The molecule has 0 saturated heterocycles. The number of hydrogen-bond donors (Lipinski definition) is 3. The first-order chi connectivity index (χ1) is 11.2. The van der Waals surface area contributed by atoms with Gasteiger partial charge in [0.05, 0.1) is 0 Å². The lowest BCUT2D eigenvalue weighted by molar-refractivity contribution is 0.204. The normalized spacial score (nSPS) is 13.5. The second-order valence-electron chi connectivity index (χ2n) is 5.41. The number of hydrogen-bond acceptors (Lipinski definition) is 3. The summed E-state index contributed by atoms with van der Waals surface area (Å²) in [7, 11) is 0. The number of rotatable bonds is 4. The van der Waals surface area contributed by atoms with Crippen LogP contribution in [0.5, 0.6) is 5.75 Å². The topological polar surface area (TPSA) is 60.7 Å². The van der Waals surface area contributed by atoms with Gasteiger partial charge in [-0.15, -0.1) is 0 Å². The van der Waals surface area contributed by atoms with Crippen molar-refractivity contribution in [3.8, 4) is 5.75 Å². The molecule has 3 aromatic rings. The number of phenolic OH excluding ortho intramolecular Hbond substituents is 1. The third kappa shape index (κ3) is 3.11. The molecule has 2 unspecified atom stereocenters. The Hall–Kier alpha value is -2.62. The van der Waals surface area contributed by atoms with Crippen LogP contribution in [0, 0.1) is 0 Å². The minimum absolute atomic E-state index is 0.0831. The van der Waals surface area contributed by atoms with E-state index in [9.17, 15) is 15.3 Å². The number of para-hydroxylation sites is 1. The first-order valence-corrected chi connectivity index (χ1v) is 7.46. The second-order valence-corrected chi connectivity index (χ2v) is 5.41. The fourth-order valence-electron chi connectivity index (χ4n) is 2.65. The summed E-state index contributed by atoms with van der Waals surface area (Å²) in [6, 6.07) is 23.3. The highest BCUT2D eigenvalue weighted by Gasteiger charge is 2.21. The van der Waals surface area contributed by atoms with Crippen LogP contribution in [0.15, 0.2) is 78.9 Å². The lowest BCUT2D eigenvalue weighted by atomic mass is 9.94. The zero-order chi connectivity index (χ0) is 16.2. The number of aromatic hydroxyl groups is 1. The van der Waals surface area contributed by atoms with Gasteiger partial charge in [0.25, 0.3) is 0 Å². The maximum atomic E-state index is 10.5. The van der Waals surface area contributed by atoms with Crippen LogP contribution in [0.4, 0.5) is 0 Å². The summed E-state index contributed by atoms with van der Waals surface area (Å²) in [5.74, 6) is -0.0831. The second kappa shape index (κ2) is 6.65. The lowest BCUT2D eigenvalue weighted by Gasteiger charge is -2.18. The van der Waals surface area contributed by atoms with Crippen molar-refractivity contribution in [2.45, 2.75) is 12.2 Å². The van der Waals surface area contributed by atoms with Gasteiger partial charge in [-0.2, -0.15) is 0 Å². The molecule has 0 radical (unpaired) electrons. The molecule has 3 heteroatoms. The molecule has 3 nitrogen and oxygen atoms in total. The van der Waals surface area contributed by atoms with Crippen molar-refractivity contribution in [2.75, 3.05) is 0 Å². The smallest absolute Gasteiger partial charge is 0.127 e. The van der Waals surface area contributed by atoms with Crippen molar-refractivity contribution in [3.63, 3.8) is 0 Å². The monoisotopic (exact) mass is 306 g/mol. The van der Waals surface area contributed by atoms with Gasteiger partial charge in [-0.3, -0.25) is 0 Å². The van der Waals surface area contributed by atoms with Crippen molar-refractivity contribution in [2.24, 2.45) is 0 Å². The highest BCUT2D eigenvalue weighted by Crippen LogP contribution is 2.36. The molecule has 23 heavy (non-hydrogen) atoms. The Kier molecular flexibility index (Phi) is 4.42. The van der Waals surface area contributed by atoms with E-state index in [0.717, 1.165) is 0 Å². The van der Waals surface area contributed by atoms with Crippen molar-refractivity contribution in [1.29, 1.82) is 0 Å². The first-order valence-electron chi connectivity index (χ1n) is 7.46. The predicted molar refractivity (Wildman–Crippen MR) is 89.1 cm³/mol. The minimum Gasteiger partial charge on any atom is -0.507 e. The zero-order valence-electron chi connectivity index (χ0n) is 12.5. The Labute approximate surface area is 135 Å². The van der Waals surface area contributed by atoms with E-state index in [-0.39, 0.29) is 5.75 Å². The summed E-state index contributed by atoms with van der Waals surface area (Å²) in [6.07, 6.45) is -1.89. The van der Waals surface area contributed by atoms with Gasteiger partial charge in [0, 0.05) is 11.1 Å². The maximum absolute atomic E-state index is 10.5. The van der Waals surface area contributed by atoms with Gasteiger partial charge in [-0.1, -0.05) is 78.9 Å². The van der Waals surface area contributed by atoms with E-state index in [1.807, 2.05) is 36.4 Å². The van der Waals surface area contributed by atoms with Gasteiger partial charge in [0.1, 0.15) is 18.0 Å². The van der Waals surface area contributed by atoms with Gasteiger partial charge in [-0.25, -0.2) is 0 Å². The van der Waals surface area contributed by atoms with Crippen molar-refractivity contribution in [1.82, 2.24) is 0 Å². The molecular weight excluding hydrogens is 288 g/mol. The van der Waals surface area contributed by atoms with Gasteiger partial charge >= 0.3 is 0 Å². The third-order valence-corrected chi connectivity index (χ3v) is 3.92. The van der Waals surface area contributed by atoms with E-state index >= 15 is 0 Å². The molecule has 0 aliphatic rings. The molecule has 0 aromatic heterocycles. The van der Waals surface area contributed by atoms with E-state index < -0.39 is 12.2 Å². The first kappa shape index (κ1) is 15.3. The average molecular weight is 306 g/mol. The average Bonchev–Trinajstić information content (AvgIpc) is 2.62.